The third-order valence-corrected chi connectivity index (χ3v) is 6.79. The highest BCUT2D eigenvalue weighted by Gasteiger charge is 2.38. The van der Waals surface area contributed by atoms with Crippen molar-refractivity contribution in [3.05, 3.63) is 34.9 Å². The molecule has 0 unspecified atom stereocenters. The molecule has 2 heterocycles. The normalized spacial score (nSPS) is 27.2. The average Bonchev–Trinajstić information content (AvgIpc) is 3.07. The Kier molecular flexibility index (Phi) is 4.46. The van der Waals surface area contributed by atoms with Crippen LogP contribution < -0.4 is 0 Å². The van der Waals surface area contributed by atoms with Crippen molar-refractivity contribution in [2.75, 3.05) is 18.1 Å². The van der Waals surface area contributed by atoms with E-state index in [9.17, 15) is 13.2 Å². The van der Waals surface area contributed by atoms with E-state index < -0.39 is 9.84 Å². The number of hydrogen-bond acceptors (Lipinski definition) is 3. The van der Waals surface area contributed by atoms with Crippen LogP contribution in [0.5, 0.6) is 0 Å². The molecule has 2 saturated heterocycles. The fraction of sp³-hybridized carbons (Fsp3) is 0.562. The standard InChI is InChI=1S/C16H20ClNO3S/c17-15-6-2-1-4-12(15)10-14-5-3-8-18(14)16(19)13-7-9-22(20,21)11-13/h1-2,4,6,13-14H,3,5,7-11H2/t13-,14-/m1/s1. The van der Waals surface area contributed by atoms with Crippen molar-refractivity contribution in [3.8, 4) is 0 Å². The van der Waals surface area contributed by atoms with Gasteiger partial charge in [-0.05, 0) is 37.3 Å². The van der Waals surface area contributed by atoms with Crippen molar-refractivity contribution in [1.29, 1.82) is 0 Å². The molecule has 2 fully saturated rings. The maximum atomic E-state index is 12.6. The second-order valence-electron chi connectivity index (χ2n) is 6.22. The highest BCUT2D eigenvalue weighted by Crippen LogP contribution is 2.29. The first kappa shape index (κ1) is 15.8. The first-order valence-corrected chi connectivity index (χ1v) is 9.90. The summed E-state index contributed by atoms with van der Waals surface area (Å²) in [7, 11) is -3.02. The van der Waals surface area contributed by atoms with E-state index in [-0.39, 0.29) is 29.4 Å². The molecule has 0 spiro atoms. The lowest BCUT2D eigenvalue weighted by atomic mass is 10.0. The van der Waals surface area contributed by atoms with Crippen LogP contribution in [0.15, 0.2) is 24.3 Å². The van der Waals surface area contributed by atoms with Gasteiger partial charge in [0.1, 0.15) is 0 Å². The molecule has 2 atom stereocenters. The largest absolute Gasteiger partial charge is 0.339 e. The molecule has 2 aliphatic rings. The summed E-state index contributed by atoms with van der Waals surface area (Å²) in [4.78, 5) is 14.5. The number of hydrogen-bond donors (Lipinski definition) is 0. The third-order valence-electron chi connectivity index (χ3n) is 4.66. The number of carbonyl (C=O) groups is 1. The van der Waals surface area contributed by atoms with Crippen molar-refractivity contribution in [1.82, 2.24) is 4.90 Å². The second kappa shape index (κ2) is 6.20. The lowest BCUT2D eigenvalue weighted by molar-refractivity contribution is -0.135. The van der Waals surface area contributed by atoms with E-state index in [2.05, 4.69) is 0 Å². The summed E-state index contributed by atoms with van der Waals surface area (Å²) in [5.74, 6) is -0.180. The summed E-state index contributed by atoms with van der Waals surface area (Å²) in [5, 5.41) is 0.727. The minimum Gasteiger partial charge on any atom is -0.339 e. The quantitative estimate of drug-likeness (QED) is 0.847. The van der Waals surface area contributed by atoms with Crippen LogP contribution in [0.25, 0.3) is 0 Å². The van der Waals surface area contributed by atoms with Gasteiger partial charge in [-0.2, -0.15) is 0 Å². The number of rotatable bonds is 3. The van der Waals surface area contributed by atoms with Gasteiger partial charge < -0.3 is 4.90 Å². The van der Waals surface area contributed by atoms with E-state index in [1.165, 1.54) is 0 Å². The topological polar surface area (TPSA) is 54.5 Å². The van der Waals surface area contributed by atoms with E-state index in [1.54, 1.807) is 0 Å². The van der Waals surface area contributed by atoms with E-state index in [0.717, 1.165) is 36.4 Å². The van der Waals surface area contributed by atoms with Crippen molar-refractivity contribution >= 4 is 27.3 Å². The Bertz CT molecular complexity index is 674. The predicted molar refractivity (Wildman–Crippen MR) is 86.7 cm³/mol. The molecule has 1 aromatic carbocycles. The van der Waals surface area contributed by atoms with E-state index in [1.807, 2.05) is 29.2 Å². The second-order valence-corrected chi connectivity index (χ2v) is 8.86. The molecule has 0 bridgehead atoms. The number of carbonyl (C=O) groups excluding carboxylic acids is 1. The lowest BCUT2D eigenvalue weighted by Gasteiger charge is -2.27. The van der Waals surface area contributed by atoms with Gasteiger partial charge in [0.15, 0.2) is 9.84 Å². The van der Waals surface area contributed by atoms with Crippen LogP contribution in [0.2, 0.25) is 5.02 Å². The molecule has 2 aliphatic heterocycles. The van der Waals surface area contributed by atoms with Crippen molar-refractivity contribution in [3.63, 3.8) is 0 Å². The Labute approximate surface area is 136 Å². The van der Waals surface area contributed by atoms with Gasteiger partial charge in [-0.25, -0.2) is 8.42 Å². The number of amides is 1. The maximum Gasteiger partial charge on any atom is 0.226 e. The summed E-state index contributed by atoms with van der Waals surface area (Å²) in [6, 6.07) is 7.83. The van der Waals surface area contributed by atoms with Crippen LogP contribution in [0.4, 0.5) is 0 Å². The first-order chi connectivity index (χ1) is 10.5. The molecule has 0 aliphatic carbocycles. The molecule has 6 heteroatoms. The zero-order valence-electron chi connectivity index (χ0n) is 12.4. The molecule has 22 heavy (non-hydrogen) atoms. The molecule has 0 aromatic heterocycles. The highest BCUT2D eigenvalue weighted by molar-refractivity contribution is 7.91. The minimum atomic E-state index is -3.02. The van der Waals surface area contributed by atoms with Gasteiger partial charge in [0.25, 0.3) is 0 Å². The number of likely N-dealkylation sites (tertiary alicyclic amines) is 1. The third kappa shape index (κ3) is 3.30. The Balaban J connectivity index is 1.71. The zero-order valence-corrected chi connectivity index (χ0v) is 13.9. The molecule has 0 N–H and O–H groups in total. The summed E-state index contributed by atoms with van der Waals surface area (Å²) in [6.45, 7) is 0.727. The number of nitrogens with zero attached hydrogens (tertiary/aromatic N) is 1. The minimum absolute atomic E-state index is 0.00984. The average molecular weight is 342 g/mol. The molecular formula is C16H20ClNO3S. The van der Waals surface area contributed by atoms with Crippen molar-refractivity contribution in [2.45, 2.75) is 31.7 Å². The van der Waals surface area contributed by atoms with Crippen molar-refractivity contribution in [2.24, 2.45) is 5.92 Å². The molecule has 120 valence electrons. The molecule has 4 nitrogen and oxygen atoms in total. The molecule has 0 radical (unpaired) electrons. The Morgan fingerprint density at radius 3 is 2.73 bits per heavy atom. The highest BCUT2D eigenvalue weighted by atomic mass is 35.5. The number of halogens is 1. The van der Waals surface area contributed by atoms with Gasteiger partial charge in [-0.3, -0.25) is 4.79 Å². The van der Waals surface area contributed by atoms with Gasteiger partial charge in [-0.15, -0.1) is 0 Å². The Morgan fingerprint density at radius 2 is 2.05 bits per heavy atom. The summed E-state index contributed by atoms with van der Waals surface area (Å²) in [5.41, 5.74) is 1.05. The van der Waals surface area contributed by atoms with Crippen LogP contribution in [-0.4, -0.2) is 43.3 Å². The van der Waals surface area contributed by atoms with Gasteiger partial charge >= 0.3 is 0 Å². The van der Waals surface area contributed by atoms with Crippen LogP contribution in [0, 0.1) is 5.92 Å². The fourth-order valence-corrected chi connectivity index (χ4v) is 5.43. The summed E-state index contributed by atoms with van der Waals surface area (Å²) in [6.07, 6.45) is 3.14. The lowest BCUT2D eigenvalue weighted by Crippen LogP contribution is -2.41. The zero-order chi connectivity index (χ0) is 15.7. The monoisotopic (exact) mass is 341 g/mol. The van der Waals surface area contributed by atoms with E-state index >= 15 is 0 Å². The Hall–Kier alpha value is -1.07. The van der Waals surface area contributed by atoms with Gasteiger partial charge in [0.05, 0.1) is 17.4 Å². The maximum absolute atomic E-state index is 12.6. The van der Waals surface area contributed by atoms with Crippen LogP contribution in [-0.2, 0) is 21.1 Å². The first-order valence-electron chi connectivity index (χ1n) is 7.70. The van der Waals surface area contributed by atoms with Crippen molar-refractivity contribution < 1.29 is 13.2 Å². The molecule has 3 rings (SSSR count). The summed E-state index contributed by atoms with van der Waals surface area (Å²) >= 11 is 6.21. The smallest absolute Gasteiger partial charge is 0.226 e. The summed E-state index contributed by atoms with van der Waals surface area (Å²) < 4.78 is 23.2. The SMILES string of the molecule is O=C([C@@H]1CCS(=O)(=O)C1)N1CCC[C@@H]1Cc1ccccc1Cl. The molecule has 0 saturated carbocycles. The van der Waals surface area contributed by atoms with Gasteiger partial charge in [0.2, 0.25) is 5.91 Å². The Morgan fingerprint density at radius 1 is 1.27 bits per heavy atom. The fourth-order valence-electron chi connectivity index (χ4n) is 3.48. The van der Waals surface area contributed by atoms with E-state index in [4.69, 9.17) is 11.6 Å². The molecular weight excluding hydrogens is 322 g/mol. The van der Waals surface area contributed by atoms with Crippen LogP contribution >= 0.6 is 11.6 Å². The number of sulfone groups is 1. The van der Waals surface area contributed by atoms with Crippen LogP contribution in [0.3, 0.4) is 0 Å². The van der Waals surface area contributed by atoms with E-state index in [0.29, 0.717) is 6.42 Å². The van der Waals surface area contributed by atoms with Crippen LogP contribution in [0.1, 0.15) is 24.8 Å². The van der Waals surface area contributed by atoms with Gasteiger partial charge in [-0.1, -0.05) is 29.8 Å². The van der Waals surface area contributed by atoms with Gasteiger partial charge in [0, 0.05) is 17.6 Å². The number of benzene rings is 1. The molecule has 1 aromatic rings. The molecule has 1 amide bonds. The predicted octanol–water partition coefficient (Wildman–Crippen LogP) is 2.31.